The Morgan fingerprint density at radius 1 is 1.20 bits per heavy atom. The van der Waals surface area contributed by atoms with Gasteiger partial charge in [-0.25, -0.2) is 0 Å². The van der Waals surface area contributed by atoms with Gasteiger partial charge in [-0.05, 0) is 49.8 Å². The molecule has 0 aromatic carbocycles. The molecule has 0 spiro atoms. The first-order valence-electron chi connectivity index (χ1n) is 9.48. The molecule has 2 saturated carbocycles. The molecular weight excluding hydrogens is 312 g/mol. The molecule has 0 bridgehead atoms. The van der Waals surface area contributed by atoms with Crippen LogP contribution < -0.4 is 5.32 Å². The van der Waals surface area contributed by atoms with Crippen molar-refractivity contribution in [2.24, 2.45) is 5.92 Å². The molecule has 0 radical (unpaired) electrons. The first-order chi connectivity index (χ1) is 12.2. The SMILES string of the molecule is Cc1cnccc1-c1cnn(CCNC(=O)C2CCCC2)c1C1CC1. The molecule has 2 aromatic heterocycles. The summed E-state index contributed by atoms with van der Waals surface area (Å²) in [6, 6.07) is 2.07. The van der Waals surface area contributed by atoms with Crippen LogP contribution in [0.5, 0.6) is 0 Å². The van der Waals surface area contributed by atoms with Crippen molar-refractivity contribution in [3.8, 4) is 11.1 Å². The number of nitrogens with one attached hydrogen (secondary N) is 1. The Morgan fingerprint density at radius 3 is 2.72 bits per heavy atom. The van der Waals surface area contributed by atoms with E-state index >= 15 is 0 Å². The first kappa shape index (κ1) is 16.3. The molecule has 0 aliphatic heterocycles. The van der Waals surface area contributed by atoms with Gasteiger partial charge in [0.25, 0.3) is 0 Å². The van der Waals surface area contributed by atoms with Crippen molar-refractivity contribution < 1.29 is 4.79 Å². The molecule has 25 heavy (non-hydrogen) atoms. The van der Waals surface area contributed by atoms with Crippen LogP contribution in [-0.2, 0) is 11.3 Å². The summed E-state index contributed by atoms with van der Waals surface area (Å²) < 4.78 is 2.10. The Hall–Kier alpha value is -2.17. The summed E-state index contributed by atoms with van der Waals surface area (Å²) in [5, 5.41) is 7.74. The second kappa shape index (κ2) is 6.98. The van der Waals surface area contributed by atoms with E-state index in [1.807, 2.05) is 18.6 Å². The largest absolute Gasteiger partial charge is 0.354 e. The third-order valence-corrected chi connectivity index (χ3v) is 5.50. The highest BCUT2D eigenvalue weighted by Crippen LogP contribution is 2.44. The highest BCUT2D eigenvalue weighted by atomic mass is 16.1. The smallest absolute Gasteiger partial charge is 0.223 e. The van der Waals surface area contributed by atoms with Gasteiger partial charge >= 0.3 is 0 Å². The van der Waals surface area contributed by atoms with E-state index < -0.39 is 0 Å². The molecule has 2 aromatic rings. The van der Waals surface area contributed by atoms with Gasteiger partial charge in [0.2, 0.25) is 5.91 Å². The zero-order valence-electron chi connectivity index (χ0n) is 14.9. The summed E-state index contributed by atoms with van der Waals surface area (Å²) in [6.45, 7) is 3.50. The van der Waals surface area contributed by atoms with Crippen molar-refractivity contribution in [2.45, 2.75) is 57.9 Å². The number of aromatic nitrogens is 3. The fourth-order valence-electron chi connectivity index (χ4n) is 3.96. The Bertz CT molecular complexity index is 757. The van der Waals surface area contributed by atoms with Crippen LogP contribution in [0.25, 0.3) is 11.1 Å². The topological polar surface area (TPSA) is 59.8 Å². The molecule has 2 aliphatic carbocycles. The van der Waals surface area contributed by atoms with Gasteiger partial charge in [-0.3, -0.25) is 14.5 Å². The lowest BCUT2D eigenvalue weighted by atomic mass is 10.0. The molecule has 2 heterocycles. The van der Waals surface area contributed by atoms with Crippen molar-refractivity contribution >= 4 is 5.91 Å². The van der Waals surface area contributed by atoms with E-state index in [1.54, 1.807) is 0 Å². The van der Waals surface area contributed by atoms with E-state index in [0.29, 0.717) is 12.5 Å². The number of carbonyl (C=O) groups excluding carboxylic acids is 1. The average Bonchev–Trinajstić information content (AvgIpc) is 3.14. The Balaban J connectivity index is 1.47. The van der Waals surface area contributed by atoms with Gasteiger partial charge in [0.05, 0.1) is 12.7 Å². The Kier molecular flexibility index (Phi) is 4.55. The molecule has 2 fully saturated rings. The minimum absolute atomic E-state index is 0.225. The molecule has 0 saturated heterocycles. The molecule has 2 aliphatic rings. The number of nitrogens with zero attached hydrogens (tertiary/aromatic N) is 3. The number of carbonyl (C=O) groups is 1. The van der Waals surface area contributed by atoms with Crippen molar-refractivity contribution in [3.05, 3.63) is 35.9 Å². The van der Waals surface area contributed by atoms with E-state index in [-0.39, 0.29) is 11.8 Å². The van der Waals surface area contributed by atoms with Crippen LogP contribution in [-0.4, -0.2) is 27.2 Å². The molecule has 5 heteroatoms. The fourth-order valence-corrected chi connectivity index (χ4v) is 3.96. The quantitative estimate of drug-likeness (QED) is 0.878. The van der Waals surface area contributed by atoms with E-state index in [9.17, 15) is 4.79 Å². The lowest BCUT2D eigenvalue weighted by Gasteiger charge is -2.13. The lowest BCUT2D eigenvalue weighted by molar-refractivity contribution is -0.124. The highest BCUT2D eigenvalue weighted by Gasteiger charge is 2.31. The van der Waals surface area contributed by atoms with Crippen molar-refractivity contribution in [1.82, 2.24) is 20.1 Å². The Morgan fingerprint density at radius 2 is 2.00 bits per heavy atom. The van der Waals surface area contributed by atoms with Crippen LogP contribution in [0.1, 0.15) is 55.7 Å². The number of rotatable bonds is 6. The molecular formula is C20H26N4O. The van der Waals surface area contributed by atoms with E-state index in [2.05, 4.69) is 33.1 Å². The van der Waals surface area contributed by atoms with E-state index in [1.165, 1.54) is 48.1 Å². The van der Waals surface area contributed by atoms with Crippen molar-refractivity contribution in [2.75, 3.05) is 6.54 Å². The summed E-state index contributed by atoms with van der Waals surface area (Å²) in [6.07, 6.45) is 12.7. The lowest BCUT2D eigenvalue weighted by Crippen LogP contribution is -2.32. The van der Waals surface area contributed by atoms with Gasteiger partial charge in [-0.15, -0.1) is 0 Å². The maximum absolute atomic E-state index is 12.2. The number of amides is 1. The summed E-state index contributed by atoms with van der Waals surface area (Å²) in [5.41, 5.74) is 4.95. The van der Waals surface area contributed by atoms with E-state index in [0.717, 1.165) is 19.4 Å². The summed E-state index contributed by atoms with van der Waals surface area (Å²) >= 11 is 0. The van der Waals surface area contributed by atoms with E-state index in [4.69, 9.17) is 0 Å². The number of aryl methyl sites for hydroxylation is 1. The number of hydrogen-bond acceptors (Lipinski definition) is 3. The van der Waals surface area contributed by atoms with Gasteiger partial charge in [0.1, 0.15) is 0 Å². The number of pyridine rings is 1. The summed E-state index contributed by atoms with van der Waals surface area (Å²) in [4.78, 5) is 16.4. The predicted molar refractivity (Wildman–Crippen MR) is 97.1 cm³/mol. The molecule has 0 unspecified atom stereocenters. The molecule has 0 atom stereocenters. The van der Waals surface area contributed by atoms with Crippen LogP contribution in [0.3, 0.4) is 0 Å². The molecule has 1 N–H and O–H groups in total. The van der Waals surface area contributed by atoms with Gasteiger partial charge in [-0.1, -0.05) is 12.8 Å². The zero-order valence-corrected chi connectivity index (χ0v) is 14.9. The maximum atomic E-state index is 12.2. The molecule has 4 rings (SSSR count). The van der Waals surface area contributed by atoms with Crippen LogP contribution in [0, 0.1) is 12.8 Å². The zero-order chi connectivity index (χ0) is 17.2. The number of hydrogen-bond donors (Lipinski definition) is 1. The third kappa shape index (κ3) is 3.46. The van der Waals surface area contributed by atoms with Crippen LogP contribution in [0.15, 0.2) is 24.7 Å². The van der Waals surface area contributed by atoms with Crippen LogP contribution >= 0.6 is 0 Å². The van der Waals surface area contributed by atoms with Gasteiger partial charge in [0.15, 0.2) is 0 Å². The summed E-state index contributed by atoms with van der Waals surface area (Å²) in [7, 11) is 0. The van der Waals surface area contributed by atoms with Gasteiger partial charge in [-0.2, -0.15) is 5.10 Å². The first-order valence-corrected chi connectivity index (χ1v) is 9.48. The third-order valence-electron chi connectivity index (χ3n) is 5.50. The molecule has 5 nitrogen and oxygen atoms in total. The second-order valence-electron chi connectivity index (χ2n) is 7.40. The van der Waals surface area contributed by atoms with Crippen LogP contribution in [0.4, 0.5) is 0 Å². The average molecular weight is 338 g/mol. The Labute approximate surface area is 148 Å². The second-order valence-corrected chi connectivity index (χ2v) is 7.40. The summed E-state index contributed by atoms with van der Waals surface area (Å²) in [5.74, 6) is 1.06. The van der Waals surface area contributed by atoms with Gasteiger partial charge < -0.3 is 5.32 Å². The fraction of sp³-hybridized carbons (Fsp3) is 0.550. The van der Waals surface area contributed by atoms with Crippen molar-refractivity contribution in [1.29, 1.82) is 0 Å². The minimum Gasteiger partial charge on any atom is -0.354 e. The molecule has 1 amide bonds. The monoisotopic (exact) mass is 338 g/mol. The standard InChI is InChI=1S/C20H26N4O/c1-14-12-21-9-8-17(14)18-13-23-24(19(18)15-6-7-15)11-10-22-20(25)16-4-2-3-5-16/h8-9,12-13,15-16H,2-7,10-11H2,1H3,(H,22,25). The normalized spacial score (nSPS) is 17.8. The highest BCUT2D eigenvalue weighted by molar-refractivity contribution is 5.78. The van der Waals surface area contributed by atoms with Gasteiger partial charge in [0, 0.05) is 42.0 Å². The maximum Gasteiger partial charge on any atom is 0.223 e. The van der Waals surface area contributed by atoms with Crippen molar-refractivity contribution in [3.63, 3.8) is 0 Å². The predicted octanol–water partition coefficient (Wildman–Crippen LogP) is 3.44. The molecule has 132 valence electrons. The van der Waals surface area contributed by atoms with Crippen LogP contribution in [0.2, 0.25) is 0 Å². The minimum atomic E-state index is 0.225.